The van der Waals surface area contributed by atoms with Crippen LogP contribution in [-0.2, 0) is 0 Å². The van der Waals surface area contributed by atoms with E-state index in [0.29, 0.717) is 0 Å². The standard InChI is InChI=1S/C3H6.Na.H/c1-3-2;;/h3H,1H2,2H3;;. The molecule has 0 saturated carbocycles. The van der Waals surface area contributed by atoms with Gasteiger partial charge in [0.2, 0.25) is 0 Å². The normalized spacial score (nSPS) is 3.25. The Hall–Kier alpha value is 0.740. The van der Waals surface area contributed by atoms with E-state index in [1.165, 1.54) is 0 Å². The minimum absolute atomic E-state index is 0. The van der Waals surface area contributed by atoms with Crippen molar-refractivity contribution in [1.82, 2.24) is 0 Å². The zero-order valence-electron chi connectivity index (χ0n) is 2.28. The second-order valence-electron chi connectivity index (χ2n) is 0.408. The maximum absolute atomic E-state index is 3.36. The van der Waals surface area contributed by atoms with Crippen molar-refractivity contribution in [3.05, 3.63) is 12.7 Å². The second kappa shape index (κ2) is 9.27. The Kier molecular flexibility index (Phi) is 20.5. The Morgan fingerprint density at radius 2 is 1.75 bits per heavy atom. The molecule has 0 atom stereocenters. The molecule has 0 saturated heterocycles. The molecule has 0 aromatic rings. The van der Waals surface area contributed by atoms with E-state index in [9.17, 15) is 0 Å². The fourth-order valence-corrected chi connectivity index (χ4v) is 0. The summed E-state index contributed by atoms with van der Waals surface area (Å²) in [6.07, 6.45) is 1.75. The van der Waals surface area contributed by atoms with E-state index in [1.54, 1.807) is 6.08 Å². The quantitative estimate of drug-likeness (QED) is 0.286. The summed E-state index contributed by atoms with van der Waals surface area (Å²) in [6, 6.07) is 0. The maximum atomic E-state index is 3.36. The van der Waals surface area contributed by atoms with E-state index < -0.39 is 0 Å². The summed E-state index contributed by atoms with van der Waals surface area (Å²) in [7, 11) is 0. The molecule has 0 nitrogen and oxygen atoms in total. The van der Waals surface area contributed by atoms with Crippen molar-refractivity contribution in [1.29, 1.82) is 0 Å². The van der Waals surface area contributed by atoms with Crippen LogP contribution in [0.5, 0.6) is 0 Å². The fourth-order valence-electron chi connectivity index (χ4n) is 0. The predicted octanol–water partition coefficient (Wildman–Crippen LogP) is 0.544. The zero-order valence-corrected chi connectivity index (χ0v) is 2.28. The van der Waals surface area contributed by atoms with Crippen LogP contribution >= 0.6 is 0 Å². The van der Waals surface area contributed by atoms with E-state index in [1.807, 2.05) is 6.92 Å². The van der Waals surface area contributed by atoms with Gasteiger partial charge in [0.1, 0.15) is 0 Å². The van der Waals surface area contributed by atoms with E-state index in [2.05, 4.69) is 6.58 Å². The minimum atomic E-state index is 0. The van der Waals surface area contributed by atoms with Crippen LogP contribution < -0.4 is 0 Å². The van der Waals surface area contributed by atoms with Gasteiger partial charge in [0.15, 0.2) is 0 Å². The van der Waals surface area contributed by atoms with Gasteiger partial charge in [-0.05, 0) is 6.92 Å². The van der Waals surface area contributed by atoms with Crippen LogP contribution in [-0.4, -0.2) is 29.6 Å². The second-order valence-corrected chi connectivity index (χ2v) is 0.408. The molecule has 0 aliphatic carbocycles. The molecule has 0 aromatic carbocycles. The summed E-state index contributed by atoms with van der Waals surface area (Å²) in [4.78, 5) is 0. The Labute approximate surface area is 49.2 Å². The first kappa shape index (κ1) is 8.83. The molecule has 20 valence electrons. The third kappa shape index (κ3) is 15.1. The molecule has 0 fully saturated rings. The topological polar surface area (TPSA) is 0 Å². The van der Waals surface area contributed by atoms with Crippen molar-refractivity contribution in [2.24, 2.45) is 0 Å². The van der Waals surface area contributed by atoms with Gasteiger partial charge in [0.05, 0.1) is 0 Å². The van der Waals surface area contributed by atoms with Crippen molar-refractivity contribution < 1.29 is 0 Å². The van der Waals surface area contributed by atoms with Gasteiger partial charge in [0.25, 0.3) is 0 Å². The average molecular weight is 66.1 g/mol. The summed E-state index contributed by atoms with van der Waals surface area (Å²) < 4.78 is 0. The van der Waals surface area contributed by atoms with Gasteiger partial charge >= 0.3 is 29.6 Å². The summed E-state index contributed by atoms with van der Waals surface area (Å²) in [5.41, 5.74) is 0. The zero-order chi connectivity index (χ0) is 2.71. The summed E-state index contributed by atoms with van der Waals surface area (Å²) in [6.45, 7) is 5.25. The Morgan fingerprint density at radius 1 is 1.75 bits per heavy atom. The van der Waals surface area contributed by atoms with E-state index in [4.69, 9.17) is 0 Å². The van der Waals surface area contributed by atoms with Gasteiger partial charge in [-0.15, -0.1) is 6.58 Å². The Bertz CT molecular complexity index is 10.8. The number of hydrogen-bond donors (Lipinski definition) is 0. The van der Waals surface area contributed by atoms with Crippen LogP contribution in [0.15, 0.2) is 12.7 Å². The molecule has 0 N–H and O–H groups in total. The van der Waals surface area contributed by atoms with Crippen LogP contribution in [0.3, 0.4) is 0 Å². The number of hydrogen-bond acceptors (Lipinski definition) is 0. The molecular weight excluding hydrogens is 59.0 g/mol. The van der Waals surface area contributed by atoms with Gasteiger partial charge in [0, 0.05) is 0 Å². The molecule has 0 amide bonds. The first-order chi connectivity index (χ1) is 1.41. The van der Waals surface area contributed by atoms with Gasteiger partial charge in [-0.3, -0.25) is 0 Å². The molecule has 0 bridgehead atoms. The van der Waals surface area contributed by atoms with Crippen molar-refractivity contribution in [3.63, 3.8) is 0 Å². The van der Waals surface area contributed by atoms with Gasteiger partial charge in [-0.25, -0.2) is 0 Å². The summed E-state index contributed by atoms with van der Waals surface area (Å²) in [5, 5.41) is 0. The van der Waals surface area contributed by atoms with Crippen LogP contribution in [0, 0.1) is 0 Å². The van der Waals surface area contributed by atoms with E-state index in [-0.39, 0.29) is 29.6 Å². The van der Waals surface area contributed by atoms with Crippen LogP contribution in [0.1, 0.15) is 6.92 Å². The molecular formula is C3H7Na. The monoisotopic (exact) mass is 66.0 g/mol. The molecule has 0 radical (unpaired) electrons. The molecule has 0 rings (SSSR count). The van der Waals surface area contributed by atoms with E-state index >= 15 is 0 Å². The van der Waals surface area contributed by atoms with Gasteiger partial charge < -0.3 is 0 Å². The van der Waals surface area contributed by atoms with Crippen LogP contribution in [0.2, 0.25) is 0 Å². The van der Waals surface area contributed by atoms with Crippen molar-refractivity contribution in [2.45, 2.75) is 6.92 Å². The van der Waals surface area contributed by atoms with Gasteiger partial charge in [-0.1, -0.05) is 6.08 Å². The predicted molar refractivity (Wildman–Crippen MR) is 23.0 cm³/mol. The summed E-state index contributed by atoms with van der Waals surface area (Å²) >= 11 is 0. The third-order valence-electron chi connectivity index (χ3n) is 0. The first-order valence-corrected chi connectivity index (χ1v) is 0.986. The van der Waals surface area contributed by atoms with Crippen LogP contribution in [0.25, 0.3) is 0 Å². The number of rotatable bonds is 0. The number of allylic oxidation sites excluding steroid dienone is 1. The SMILES string of the molecule is C=CC.[NaH]. The average Bonchev–Trinajstić information content (AvgIpc) is 0.918. The molecule has 4 heavy (non-hydrogen) atoms. The Balaban J connectivity index is 0. The molecule has 1 heteroatoms. The fraction of sp³-hybridized carbons (Fsp3) is 0.333. The first-order valence-electron chi connectivity index (χ1n) is 0.986. The molecule has 0 spiro atoms. The van der Waals surface area contributed by atoms with Crippen molar-refractivity contribution in [2.75, 3.05) is 0 Å². The van der Waals surface area contributed by atoms with Crippen molar-refractivity contribution >= 4 is 29.6 Å². The van der Waals surface area contributed by atoms with Crippen molar-refractivity contribution in [3.8, 4) is 0 Å². The molecule has 0 aliphatic rings. The van der Waals surface area contributed by atoms with Gasteiger partial charge in [-0.2, -0.15) is 0 Å². The Morgan fingerprint density at radius 3 is 1.75 bits per heavy atom. The summed E-state index contributed by atoms with van der Waals surface area (Å²) in [5.74, 6) is 0. The van der Waals surface area contributed by atoms with E-state index in [0.717, 1.165) is 0 Å². The molecule has 0 heterocycles. The third-order valence-corrected chi connectivity index (χ3v) is 0. The molecule has 0 aromatic heterocycles. The molecule has 0 unspecified atom stereocenters. The van der Waals surface area contributed by atoms with Crippen LogP contribution in [0.4, 0.5) is 0 Å². The molecule has 0 aliphatic heterocycles.